The summed E-state index contributed by atoms with van der Waals surface area (Å²) >= 11 is 0. The van der Waals surface area contributed by atoms with Crippen molar-refractivity contribution in [3.05, 3.63) is 39.7 Å². The number of hydrogen-bond donors (Lipinski definition) is 1. The van der Waals surface area contributed by atoms with Gasteiger partial charge in [-0.1, -0.05) is 6.92 Å². The summed E-state index contributed by atoms with van der Waals surface area (Å²) in [5.41, 5.74) is -0.741. The van der Waals surface area contributed by atoms with Crippen molar-refractivity contribution >= 4 is 21.5 Å². The molecule has 1 aromatic rings. The summed E-state index contributed by atoms with van der Waals surface area (Å²) in [7, 11) is -4.07. The van der Waals surface area contributed by atoms with Gasteiger partial charge in [0.1, 0.15) is 5.82 Å². The maximum atomic E-state index is 13.2. The number of benzene rings is 1. The lowest BCUT2D eigenvalue weighted by Gasteiger charge is -2.11. The lowest BCUT2D eigenvalue weighted by Crippen LogP contribution is -2.30. The fourth-order valence-corrected chi connectivity index (χ4v) is 3.38. The zero-order valence-electron chi connectivity index (χ0n) is 10.4. The Bertz CT molecular complexity index is 642. The SMILES string of the molecule is CCC(C(=O)O)S(=O)(=O)Cc1cc(F)cc([N+](=O)[O-])c1. The quantitative estimate of drug-likeness (QED) is 0.629. The number of nitrogens with zero attached hydrogens (tertiary/aromatic N) is 1. The number of rotatable bonds is 6. The predicted molar refractivity (Wildman–Crippen MR) is 67.4 cm³/mol. The number of aliphatic carboxylic acids is 1. The first-order valence-corrected chi connectivity index (χ1v) is 7.27. The summed E-state index contributed by atoms with van der Waals surface area (Å²) < 4.78 is 37.0. The normalized spacial score (nSPS) is 12.9. The molecule has 20 heavy (non-hydrogen) atoms. The summed E-state index contributed by atoms with van der Waals surface area (Å²) in [5, 5.41) is 17.8. The van der Waals surface area contributed by atoms with Crippen LogP contribution in [0.15, 0.2) is 18.2 Å². The van der Waals surface area contributed by atoms with E-state index in [0.717, 1.165) is 12.1 Å². The molecule has 110 valence electrons. The summed E-state index contributed by atoms with van der Waals surface area (Å²) in [6.07, 6.45) is -0.144. The van der Waals surface area contributed by atoms with Crippen molar-refractivity contribution in [3.63, 3.8) is 0 Å². The highest BCUT2D eigenvalue weighted by Crippen LogP contribution is 2.20. The number of carboxylic acid groups (broad SMARTS) is 1. The topological polar surface area (TPSA) is 115 Å². The molecule has 0 heterocycles. The Labute approximate surface area is 114 Å². The molecular weight excluding hydrogens is 293 g/mol. The Morgan fingerprint density at radius 2 is 2.05 bits per heavy atom. The van der Waals surface area contributed by atoms with Gasteiger partial charge in [0.2, 0.25) is 0 Å². The van der Waals surface area contributed by atoms with Crippen molar-refractivity contribution < 1.29 is 27.6 Å². The Hall–Kier alpha value is -2.03. The summed E-state index contributed by atoms with van der Waals surface area (Å²) in [6, 6.07) is 2.40. The molecule has 0 saturated heterocycles. The standard InChI is InChI=1S/C11H12FNO6S/c1-2-10(11(14)15)20(18,19)6-7-3-8(12)5-9(4-7)13(16)17/h3-5,10H,2,6H2,1H3,(H,14,15). The van der Waals surface area contributed by atoms with Gasteiger partial charge in [-0.15, -0.1) is 0 Å². The van der Waals surface area contributed by atoms with E-state index in [4.69, 9.17) is 5.11 Å². The third-order valence-corrected chi connectivity index (χ3v) is 4.74. The molecule has 0 aliphatic heterocycles. The summed E-state index contributed by atoms with van der Waals surface area (Å²) in [6.45, 7) is 1.39. The minimum Gasteiger partial charge on any atom is -0.480 e. The number of nitro benzene ring substituents is 1. The predicted octanol–water partition coefficient (Wildman–Crippen LogP) is 1.51. The smallest absolute Gasteiger partial charge is 0.321 e. The highest BCUT2D eigenvalue weighted by Gasteiger charge is 2.31. The largest absolute Gasteiger partial charge is 0.480 e. The van der Waals surface area contributed by atoms with Crippen LogP contribution in [-0.4, -0.2) is 29.7 Å². The van der Waals surface area contributed by atoms with Gasteiger partial charge in [-0.25, -0.2) is 12.8 Å². The fraction of sp³-hybridized carbons (Fsp3) is 0.364. The van der Waals surface area contributed by atoms with E-state index in [9.17, 15) is 27.7 Å². The molecular formula is C11H12FNO6S. The second-order valence-electron chi connectivity index (χ2n) is 4.12. The third-order valence-electron chi connectivity index (χ3n) is 2.60. The monoisotopic (exact) mass is 305 g/mol. The van der Waals surface area contributed by atoms with Gasteiger partial charge in [-0.05, 0) is 18.1 Å². The molecule has 1 atom stereocenters. The van der Waals surface area contributed by atoms with Gasteiger partial charge < -0.3 is 5.11 Å². The number of carboxylic acids is 1. The molecule has 0 aliphatic rings. The zero-order chi connectivity index (χ0) is 15.5. The number of non-ortho nitro benzene ring substituents is 1. The van der Waals surface area contributed by atoms with Crippen molar-refractivity contribution in [3.8, 4) is 0 Å². The molecule has 0 aromatic heterocycles. The molecule has 0 saturated carbocycles. The summed E-state index contributed by atoms with van der Waals surface area (Å²) in [5.74, 6) is -3.22. The van der Waals surface area contributed by atoms with Crippen LogP contribution < -0.4 is 0 Å². The molecule has 1 rings (SSSR count). The lowest BCUT2D eigenvalue weighted by molar-refractivity contribution is -0.385. The van der Waals surface area contributed by atoms with Gasteiger partial charge >= 0.3 is 5.97 Å². The Kier molecular flexibility index (Phi) is 4.77. The second-order valence-corrected chi connectivity index (χ2v) is 6.30. The van der Waals surface area contributed by atoms with Crippen LogP contribution >= 0.6 is 0 Å². The first-order valence-electron chi connectivity index (χ1n) is 5.55. The van der Waals surface area contributed by atoms with Crippen molar-refractivity contribution in [1.82, 2.24) is 0 Å². The van der Waals surface area contributed by atoms with Crippen molar-refractivity contribution in [2.45, 2.75) is 24.3 Å². The van der Waals surface area contributed by atoms with Gasteiger partial charge in [0.25, 0.3) is 5.69 Å². The Balaban J connectivity index is 3.15. The van der Waals surface area contributed by atoms with Crippen LogP contribution in [0.1, 0.15) is 18.9 Å². The number of hydrogen-bond acceptors (Lipinski definition) is 5. The molecule has 0 bridgehead atoms. The van der Waals surface area contributed by atoms with Crippen LogP contribution in [0.3, 0.4) is 0 Å². The highest BCUT2D eigenvalue weighted by atomic mass is 32.2. The first kappa shape index (κ1) is 16.0. The highest BCUT2D eigenvalue weighted by molar-refractivity contribution is 7.92. The van der Waals surface area contributed by atoms with E-state index >= 15 is 0 Å². The molecule has 0 radical (unpaired) electrons. The van der Waals surface area contributed by atoms with Crippen LogP contribution in [0.4, 0.5) is 10.1 Å². The maximum Gasteiger partial charge on any atom is 0.321 e. The van der Waals surface area contributed by atoms with E-state index in [-0.39, 0.29) is 12.0 Å². The van der Waals surface area contributed by atoms with Gasteiger partial charge in [0.05, 0.1) is 16.7 Å². The van der Waals surface area contributed by atoms with E-state index in [1.54, 1.807) is 0 Å². The minimum absolute atomic E-state index is 0.144. The van der Waals surface area contributed by atoms with E-state index in [2.05, 4.69) is 0 Å². The zero-order valence-corrected chi connectivity index (χ0v) is 11.3. The minimum atomic E-state index is -4.07. The Morgan fingerprint density at radius 3 is 2.50 bits per heavy atom. The van der Waals surface area contributed by atoms with E-state index in [0.29, 0.717) is 6.07 Å². The van der Waals surface area contributed by atoms with Gasteiger partial charge in [0, 0.05) is 6.07 Å². The lowest BCUT2D eigenvalue weighted by atomic mass is 10.2. The van der Waals surface area contributed by atoms with Crippen LogP contribution in [0.25, 0.3) is 0 Å². The third kappa shape index (κ3) is 3.73. The molecule has 0 spiro atoms. The summed E-state index contributed by atoms with van der Waals surface area (Å²) in [4.78, 5) is 20.6. The molecule has 1 aromatic carbocycles. The Morgan fingerprint density at radius 1 is 1.45 bits per heavy atom. The molecule has 9 heteroatoms. The number of nitro groups is 1. The molecule has 1 N–H and O–H groups in total. The number of halogens is 1. The van der Waals surface area contributed by atoms with Crippen molar-refractivity contribution in [2.75, 3.05) is 0 Å². The van der Waals surface area contributed by atoms with E-state index < -0.39 is 43.2 Å². The fourth-order valence-electron chi connectivity index (χ4n) is 1.74. The van der Waals surface area contributed by atoms with Crippen LogP contribution in [-0.2, 0) is 20.4 Å². The van der Waals surface area contributed by atoms with Gasteiger partial charge in [-0.3, -0.25) is 14.9 Å². The number of carbonyl (C=O) groups is 1. The van der Waals surface area contributed by atoms with Crippen molar-refractivity contribution in [2.24, 2.45) is 0 Å². The molecule has 1 unspecified atom stereocenters. The maximum absolute atomic E-state index is 13.2. The van der Waals surface area contributed by atoms with Crippen LogP contribution in [0.5, 0.6) is 0 Å². The molecule has 0 fully saturated rings. The van der Waals surface area contributed by atoms with Gasteiger partial charge in [0.15, 0.2) is 15.1 Å². The second kappa shape index (κ2) is 5.95. The van der Waals surface area contributed by atoms with Crippen LogP contribution in [0, 0.1) is 15.9 Å². The first-order chi connectivity index (χ1) is 9.17. The van der Waals surface area contributed by atoms with E-state index in [1.807, 2.05) is 0 Å². The average molecular weight is 305 g/mol. The van der Waals surface area contributed by atoms with E-state index in [1.165, 1.54) is 6.92 Å². The average Bonchev–Trinajstić information content (AvgIpc) is 2.26. The van der Waals surface area contributed by atoms with Gasteiger partial charge in [-0.2, -0.15) is 0 Å². The molecule has 0 amide bonds. The number of sulfone groups is 1. The molecule has 7 nitrogen and oxygen atoms in total. The van der Waals surface area contributed by atoms with Crippen LogP contribution in [0.2, 0.25) is 0 Å². The molecule has 0 aliphatic carbocycles. The van der Waals surface area contributed by atoms with Crippen molar-refractivity contribution in [1.29, 1.82) is 0 Å².